The number of benzene rings is 5. The van der Waals surface area contributed by atoms with Crippen LogP contribution >= 0.6 is 0 Å². The fourth-order valence-corrected chi connectivity index (χ4v) is 20.0. The summed E-state index contributed by atoms with van der Waals surface area (Å²) in [6.07, 6.45) is -2.40. The predicted octanol–water partition coefficient (Wildman–Crippen LogP) is 6.43. The molecule has 5 atom stereocenters. The zero-order chi connectivity index (χ0) is 36.3. The Kier molecular flexibility index (Phi) is 11.4. The van der Waals surface area contributed by atoms with Crippen LogP contribution in [0, 0.1) is 0 Å². The number of rotatable bonds is 10. The van der Waals surface area contributed by atoms with Gasteiger partial charge in [0.25, 0.3) is 0 Å². The number of hydrogen-bond donors (Lipinski definition) is 1. The SMILES string of the molecule is C[C@@H]1O[C@H](O)[C@@H]([Se]c2ccccc2)[C@H](O[Si](c2ccccc2)(c2ccccc2)C(C)(C)C)[C@H]1O[Si](c1ccccc1)(c1ccccc1)C(C)(C)C. The molecule has 5 aromatic carbocycles. The van der Waals surface area contributed by atoms with E-state index >= 15 is 0 Å². The van der Waals surface area contributed by atoms with Crippen LogP contribution in [0.2, 0.25) is 14.9 Å². The van der Waals surface area contributed by atoms with Gasteiger partial charge in [0.1, 0.15) is 0 Å². The summed E-state index contributed by atoms with van der Waals surface area (Å²) < 4.78 is 23.8. The molecule has 6 rings (SSSR count). The molecule has 0 spiro atoms. The second kappa shape index (κ2) is 15.5. The molecule has 0 unspecified atom stereocenters. The van der Waals surface area contributed by atoms with E-state index in [-0.39, 0.29) is 29.8 Å². The van der Waals surface area contributed by atoms with E-state index < -0.39 is 41.2 Å². The zero-order valence-electron chi connectivity index (χ0n) is 30.9. The first kappa shape index (κ1) is 37.6. The summed E-state index contributed by atoms with van der Waals surface area (Å²) >= 11 is -0.191. The van der Waals surface area contributed by atoms with Crippen LogP contribution in [0.3, 0.4) is 0 Å². The molecule has 1 fully saturated rings. The standard InChI is InChI=1S/C44H52O4SeSi2/c1-33-39(47-50(43(2,3)4,35-25-15-9-16-26-35)36-27-17-10-18-28-36)40(41(42(45)46-33)49-34-23-13-8-14-24-34)48-51(44(5,6)7,37-29-19-11-20-30-37)38-31-21-12-22-32-38/h8-33,39-42,45H,1-7H3/t33-,39-,40+,41-,42-/m0/s1. The Morgan fingerprint density at radius 2 is 0.824 bits per heavy atom. The summed E-state index contributed by atoms with van der Waals surface area (Å²) in [7, 11) is -6.16. The average Bonchev–Trinajstić information content (AvgIpc) is 3.12. The van der Waals surface area contributed by atoms with Gasteiger partial charge in [-0.1, -0.05) is 0 Å². The molecular formula is C44H52O4SeSi2. The van der Waals surface area contributed by atoms with Crippen LogP contribution in [0.25, 0.3) is 0 Å². The topological polar surface area (TPSA) is 47.9 Å². The fraction of sp³-hybridized carbons (Fsp3) is 0.318. The van der Waals surface area contributed by atoms with Gasteiger partial charge < -0.3 is 0 Å². The molecule has 266 valence electrons. The van der Waals surface area contributed by atoms with E-state index in [2.05, 4.69) is 194 Å². The van der Waals surface area contributed by atoms with Gasteiger partial charge in [0.2, 0.25) is 0 Å². The Morgan fingerprint density at radius 3 is 1.16 bits per heavy atom. The molecule has 1 aliphatic heterocycles. The van der Waals surface area contributed by atoms with Crippen molar-refractivity contribution in [3.63, 3.8) is 0 Å². The molecule has 0 aliphatic carbocycles. The van der Waals surface area contributed by atoms with Crippen LogP contribution in [0.5, 0.6) is 0 Å². The minimum absolute atomic E-state index is 0.191. The van der Waals surface area contributed by atoms with Crippen molar-refractivity contribution < 1.29 is 18.7 Å². The molecular weight excluding hydrogens is 728 g/mol. The van der Waals surface area contributed by atoms with Gasteiger partial charge in [0.15, 0.2) is 0 Å². The first-order valence-corrected chi connectivity index (χ1v) is 23.7. The molecule has 1 saturated heterocycles. The van der Waals surface area contributed by atoms with E-state index in [0.717, 1.165) is 0 Å². The molecule has 0 bridgehead atoms. The zero-order valence-corrected chi connectivity index (χ0v) is 34.6. The van der Waals surface area contributed by atoms with Crippen LogP contribution in [0.4, 0.5) is 0 Å². The van der Waals surface area contributed by atoms with Crippen molar-refractivity contribution >= 4 is 56.8 Å². The van der Waals surface area contributed by atoms with E-state index in [0.29, 0.717) is 0 Å². The Balaban J connectivity index is 1.61. The minimum atomic E-state index is -3.10. The molecule has 0 amide bonds. The maximum atomic E-state index is 12.0. The number of aliphatic hydroxyl groups excluding tert-OH is 1. The Morgan fingerprint density at radius 1 is 0.510 bits per heavy atom. The van der Waals surface area contributed by atoms with Crippen molar-refractivity contribution in [2.24, 2.45) is 0 Å². The fourth-order valence-electron chi connectivity index (χ4n) is 7.86. The van der Waals surface area contributed by atoms with E-state index in [4.69, 9.17) is 13.6 Å². The molecule has 1 N–H and O–H groups in total. The van der Waals surface area contributed by atoms with Gasteiger partial charge in [-0.05, 0) is 0 Å². The van der Waals surface area contributed by atoms with E-state index in [9.17, 15) is 5.11 Å². The summed E-state index contributed by atoms with van der Waals surface area (Å²) in [5, 5.41) is 16.3. The molecule has 7 heteroatoms. The molecule has 0 aromatic heterocycles. The summed E-state index contributed by atoms with van der Waals surface area (Å²) in [5.41, 5.74) is 0. The second-order valence-electron chi connectivity index (χ2n) is 15.6. The average molecular weight is 780 g/mol. The van der Waals surface area contributed by atoms with Crippen molar-refractivity contribution in [1.82, 2.24) is 0 Å². The van der Waals surface area contributed by atoms with Crippen molar-refractivity contribution in [1.29, 1.82) is 0 Å². The molecule has 0 saturated carbocycles. The van der Waals surface area contributed by atoms with Crippen LogP contribution in [-0.4, -0.2) is 61.3 Å². The third-order valence-corrected chi connectivity index (χ3v) is 23.0. The van der Waals surface area contributed by atoms with Gasteiger partial charge >= 0.3 is 315 Å². The van der Waals surface area contributed by atoms with Crippen LogP contribution in [0.15, 0.2) is 152 Å². The monoisotopic (exact) mass is 780 g/mol. The third-order valence-electron chi connectivity index (χ3n) is 10.2. The molecule has 1 aliphatic rings. The van der Waals surface area contributed by atoms with E-state index in [1.807, 2.05) is 6.07 Å². The second-order valence-corrected chi connectivity index (χ2v) is 26.7. The normalized spacial score (nSPS) is 21.7. The van der Waals surface area contributed by atoms with Gasteiger partial charge in [-0.15, -0.1) is 0 Å². The van der Waals surface area contributed by atoms with Gasteiger partial charge in [-0.3, -0.25) is 0 Å². The summed E-state index contributed by atoms with van der Waals surface area (Å²) in [4.78, 5) is -0.332. The Labute approximate surface area is 313 Å². The van der Waals surface area contributed by atoms with Gasteiger partial charge in [-0.25, -0.2) is 0 Å². The van der Waals surface area contributed by atoms with Crippen LogP contribution in [-0.2, 0) is 13.6 Å². The predicted molar refractivity (Wildman–Crippen MR) is 217 cm³/mol. The van der Waals surface area contributed by atoms with Crippen LogP contribution < -0.4 is 25.2 Å². The molecule has 51 heavy (non-hydrogen) atoms. The molecule has 5 aromatic rings. The molecule has 1 heterocycles. The quantitative estimate of drug-likeness (QED) is 0.166. The van der Waals surface area contributed by atoms with Gasteiger partial charge in [0, 0.05) is 0 Å². The van der Waals surface area contributed by atoms with Crippen molar-refractivity contribution in [3.8, 4) is 0 Å². The summed E-state index contributed by atoms with van der Waals surface area (Å²) in [6, 6.07) is 53.7. The van der Waals surface area contributed by atoms with Crippen molar-refractivity contribution in [3.05, 3.63) is 152 Å². The third kappa shape index (κ3) is 7.42. The first-order valence-electron chi connectivity index (χ1n) is 18.0. The molecule has 0 radical (unpaired) electrons. The van der Waals surface area contributed by atoms with Crippen molar-refractivity contribution in [2.75, 3.05) is 0 Å². The van der Waals surface area contributed by atoms with Crippen molar-refractivity contribution in [2.45, 2.75) is 88.0 Å². The number of hydrogen-bond acceptors (Lipinski definition) is 4. The summed E-state index contributed by atoms with van der Waals surface area (Å²) in [6.45, 7) is 15.9. The van der Waals surface area contributed by atoms with Crippen LogP contribution in [0.1, 0.15) is 48.5 Å². The number of ether oxygens (including phenoxy) is 1. The van der Waals surface area contributed by atoms with E-state index in [1.54, 1.807) is 0 Å². The van der Waals surface area contributed by atoms with Gasteiger partial charge in [-0.2, -0.15) is 0 Å². The molecule has 4 nitrogen and oxygen atoms in total. The first-order chi connectivity index (χ1) is 24.4. The number of aliphatic hydroxyl groups is 1. The van der Waals surface area contributed by atoms with Gasteiger partial charge in [0.05, 0.1) is 0 Å². The maximum absolute atomic E-state index is 12.0. The van der Waals surface area contributed by atoms with E-state index in [1.165, 1.54) is 25.2 Å². The Hall–Kier alpha value is -3.11. The Bertz CT molecular complexity index is 1730. The summed E-state index contributed by atoms with van der Waals surface area (Å²) in [5.74, 6) is 0.